The van der Waals surface area contributed by atoms with Crippen LogP contribution in [0.25, 0.3) is 0 Å². The maximum atomic E-state index is 9.25. The van der Waals surface area contributed by atoms with Crippen molar-refractivity contribution in [1.29, 1.82) is 0 Å². The van der Waals surface area contributed by atoms with Gasteiger partial charge >= 0.3 is 0 Å². The molecule has 0 spiro atoms. The number of hydrogen-bond donors (Lipinski definition) is 5. The van der Waals surface area contributed by atoms with Crippen molar-refractivity contribution in [2.45, 2.75) is 6.10 Å². The average molecular weight is 185 g/mol. The van der Waals surface area contributed by atoms with Gasteiger partial charge in [-0.25, -0.2) is 0 Å². The number of aliphatic hydroxyl groups is 1. The van der Waals surface area contributed by atoms with Crippen LogP contribution in [0.3, 0.4) is 0 Å². The molecule has 0 fully saturated rings. The summed E-state index contributed by atoms with van der Waals surface area (Å²) in [6, 6.07) is 2.02. The third-order valence-electron chi connectivity index (χ3n) is 1.71. The number of rotatable bonds is 2. The maximum Gasteiger partial charge on any atom is 0.161 e. The molecule has 0 aromatic heterocycles. The van der Waals surface area contributed by atoms with Crippen molar-refractivity contribution in [3.05, 3.63) is 17.7 Å². The largest absolute Gasteiger partial charge is 0.507 e. The van der Waals surface area contributed by atoms with E-state index >= 15 is 0 Å². The number of aromatic hydroxyl groups is 3. The molecule has 0 saturated heterocycles. The molecule has 72 valence electrons. The molecule has 5 heteroatoms. The molecule has 6 N–H and O–H groups in total. The first-order chi connectivity index (χ1) is 6.06. The van der Waals surface area contributed by atoms with Gasteiger partial charge in [0.15, 0.2) is 11.5 Å². The second-order valence-electron chi connectivity index (χ2n) is 2.65. The van der Waals surface area contributed by atoms with Crippen molar-refractivity contribution in [1.82, 2.24) is 0 Å². The first kappa shape index (κ1) is 9.63. The summed E-state index contributed by atoms with van der Waals surface area (Å²) in [7, 11) is 0. The zero-order chi connectivity index (χ0) is 10.0. The van der Waals surface area contributed by atoms with E-state index in [0.29, 0.717) is 0 Å². The van der Waals surface area contributed by atoms with Gasteiger partial charge in [0.2, 0.25) is 0 Å². The second kappa shape index (κ2) is 3.51. The van der Waals surface area contributed by atoms with Gasteiger partial charge in [-0.05, 0) is 6.07 Å². The Balaban J connectivity index is 3.15. The molecule has 0 bridgehead atoms. The van der Waals surface area contributed by atoms with Crippen molar-refractivity contribution in [3.63, 3.8) is 0 Å². The summed E-state index contributed by atoms with van der Waals surface area (Å²) in [4.78, 5) is 0. The Morgan fingerprint density at radius 3 is 2.15 bits per heavy atom. The first-order valence-corrected chi connectivity index (χ1v) is 3.69. The molecular formula is C8H11NO4. The molecule has 0 aliphatic heterocycles. The van der Waals surface area contributed by atoms with Crippen molar-refractivity contribution in [3.8, 4) is 17.2 Å². The molecule has 0 amide bonds. The van der Waals surface area contributed by atoms with Gasteiger partial charge in [-0.2, -0.15) is 0 Å². The van der Waals surface area contributed by atoms with Crippen LogP contribution < -0.4 is 5.73 Å². The number of phenols is 3. The van der Waals surface area contributed by atoms with Crippen LogP contribution in [-0.2, 0) is 0 Å². The topological polar surface area (TPSA) is 107 Å². The molecule has 1 rings (SSSR count). The molecule has 0 aliphatic rings. The molecule has 0 unspecified atom stereocenters. The summed E-state index contributed by atoms with van der Waals surface area (Å²) in [6.45, 7) is -0.0717. The van der Waals surface area contributed by atoms with Crippen LogP contribution in [0.2, 0.25) is 0 Å². The fourth-order valence-corrected chi connectivity index (χ4v) is 0.976. The highest BCUT2D eigenvalue weighted by molar-refractivity contribution is 5.49. The van der Waals surface area contributed by atoms with E-state index in [0.717, 1.165) is 12.1 Å². The highest BCUT2D eigenvalue weighted by atomic mass is 16.3. The monoisotopic (exact) mass is 185 g/mol. The summed E-state index contributed by atoms with van der Waals surface area (Å²) in [5, 5.41) is 36.5. The molecule has 1 atom stereocenters. The second-order valence-corrected chi connectivity index (χ2v) is 2.65. The van der Waals surface area contributed by atoms with Crippen molar-refractivity contribution in [2.75, 3.05) is 6.54 Å². The summed E-state index contributed by atoms with van der Waals surface area (Å²) in [5.41, 5.74) is 5.25. The Labute approximate surface area is 74.7 Å². The normalized spacial score (nSPS) is 12.8. The van der Waals surface area contributed by atoms with Gasteiger partial charge in [-0.15, -0.1) is 0 Å². The van der Waals surface area contributed by atoms with Gasteiger partial charge in [0.1, 0.15) is 5.75 Å². The summed E-state index contributed by atoms with van der Waals surface area (Å²) in [6.07, 6.45) is -1.05. The molecule has 1 aromatic carbocycles. The molecule has 0 heterocycles. The van der Waals surface area contributed by atoms with Crippen LogP contribution >= 0.6 is 0 Å². The van der Waals surface area contributed by atoms with Crippen molar-refractivity contribution >= 4 is 0 Å². The van der Waals surface area contributed by atoms with Gasteiger partial charge < -0.3 is 26.2 Å². The third kappa shape index (κ3) is 1.82. The Morgan fingerprint density at radius 1 is 1.08 bits per heavy atom. The average Bonchev–Trinajstić information content (AvgIpc) is 2.10. The zero-order valence-electron chi connectivity index (χ0n) is 6.81. The third-order valence-corrected chi connectivity index (χ3v) is 1.71. The zero-order valence-corrected chi connectivity index (χ0v) is 6.81. The van der Waals surface area contributed by atoms with E-state index in [-0.39, 0.29) is 17.9 Å². The van der Waals surface area contributed by atoms with Crippen molar-refractivity contribution < 1.29 is 20.4 Å². The fourth-order valence-electron chi connectivity index (χ4n) is 0.976. The Kier molecular flexibility index (Phi) is 2.60. The number of aliphatic hydroxyl groups excluding tert-OH is 1. The van der Waals surface area contributed by atoms with E-state index in [1.807, 2.05) is 0 Å². The minimum atomic E-state index is -1.05. The van der Waals surface area contributed by atoms with E-state index in [2.05, 4.69) is 0 Å². The molecule has 5 nitrogen and oxygen atoms in total. The van der Waals surface area contributed by atoms with E-state index in [9.17, 15) is 10.2 Å². The van der Waals surface area contributed by atoms with Gasteiger partial charge in [-0.3, -0.25) is 0 Å². The van der Waals surface area contributed by atoms with E-state index in [1.54, 1.807) is 0 Å². The van der Waals surface area contributed by atoms with Gasteiger partial charge in [0.05, 0.1) is 6.10 Å². The SMILES string of the molecule is NC[C@@H](O)c1cc(O)c(O)cc1O. The van der Waals surface area contributed by atoms with Crippen LogP contribution in [0.1, 0.15) is 11.7 Å². The van der Waals surface area contributed by atoms with Gasteiger partial charge in [-0.1, -0.05) is 0 Å². The van der Waals surface area contributed by atoms with Crippen LogP contribution in [0, 0.1) is 0 Å². The first-order valence-electron chi connectivity index (χ1n) is 3.69. The molecule has 13 heavy (non-hydrogen) atoms. The minimum absolute atomic E-state index is 0.0717. The molecule has 0 saturated carbocycles. The summed E-state index contributed by atoms with van der Waals surface area (Å²) < 4.78 is 0. The summed E-state index contributed by atoms with van der Waals surface area (Å²) in [5.74, 6) is -1.14. The van der Waals surface area contributed by atoms with Crippen LogP contribution in [0.15, 0.2) is 12.1 Å². The Morgan fingerprint density at radius 2 is 1.62 bits per heavy atom. The molecule has 0 aliphatic carbocycles. The van der Waals surface area contributed by atoms with Gasteiger partial charge in [0.25, 0.3) is 0 Å². The van der Waals surface area contributed by atoms with Crippen LogP contribution in [0.4, 0.5) is 0 Å². The van der Waals surface area contributed by atoms with E-state index in [4.69, 9.17) is 15.9 Å². The number of nitrogens with two attached hydrogens (primary N) is 1. The summed E-state index contributed by atoms with van der Waals surface area (Å²) >= 11 is 0. The predicted molar refractivity (Wildman–Crippen MR) is 45.5 cm³/mol. The maximum absolute atomic E-state index is 9.25. The number of hydrogen-bond acceptors (Lipinski definition) is 5. The Hall–Kier alpha value is -1.46. The fraction of sp³-hybridized carbons (Fsp3) is 0.250. The lowest BCUT2D eigenvalue weighted by molar-refractivity contribution is 0.182. The van der Waals surface area contributed by atoms with Gasteiger partial charge in [0, 0.05) is 18.2 Å². The molecular weight excluding hydrogens is 174 g/mol. The minimum Gasteiger partial charge on any atom is -0.507 e. The quantitative estimate of drug-likeness (QED) is 0.324. The van der Waals surface area contributed by atoms with E-state index < -0.39 is 17.6 Å². The molecule has 0 radical (unpaired) electrons. The highest BCUT2D eigenvalue weighted by Gasteiger charge is 2.13. The van der Waals surface area contributed by atoms with Crippen LogP contribution in [0.5, 0.6) is 17.2 Å². The lowest BCUT2D eigenvalue weighted by Crippen LogP contribution is -2.11. The standard InChI is InChI=1S/C8H11NO4/c9-3-8(13)4-1-6(11)7(12)2-5(4)10/h1-2,8,10-13H,3,9H2/t8-/m1/s1. The Bertz CT molecular complexity index is 313. The highest BCUT2D eigenvalue weighted by Crippen LogP contribution is 2.34. The lowest BCUT2D eigenvalue weighted by atomic mass is 10.1. The van der Waals surface area contributed by atoms with Crippen molar-refractivity contribution in [2.24, 2.45) is 5.73 Å². The smallest absolute Gasteiger partial charge is 0.161 e. The van der Waals surface area contributed by atoms with E-state index in [1.165, 1.54) is 0 Å². The number of phenolic OH excluding ortho intramolecular Hbond substituents is 3. The molecule has 1 aromatic rings. The number of benzene rings is 1. The predicted octanol–water partition coefficient (Wildman–Crippen LogP) is -0.205. The van der Waals surface area contributed by atoms with Crippen LogP contribution in [-0.4, -0.2) is 27.0 Å². The lowest BCUT2D eigenvalue weighted by Gasteiger charge is -2.11.